The molecule has 0 aliphatic heterocycles. The highest BCUT2D eigenvalue weighted by atomic mass is 14.7. The van der Waals surface area contributed by atoms with Gasteiger partial charge >= 0.3 is 0 Å². The lowest BCUT2D eigenvalue weighted by molar-refractivity contribution is 0.884. The zero-order chi connectivity index (χ0) is 17.2. The molecule has 0 amide bonds. The normalized spacial score (nSPS) is 12.2. The summed E-state index contributed by atoms with van der Waals surface area (Å²) in [5, 5.41) is 2.37. The van der Waals surface area contributed by atoms with Crippen LogP contribution in [0.5, 0.6) is 0 Å². The summed E-state index contributed by atoms with van der Waals surface area (Å²) >= 11 is 0. The molecule has 4 N–H and O–H groups in total. The SMILES string of the molecule is Nc1ccccc1C(N)c1cccc2c(-c3ccccc3)cccc12. The Kier molecular flexibility index (Phi) is 3.96. The first-order valence-electron chi connectivity index (χ1n) is 8.43. The number of nitrogen functional groups attached to an aromatic ring is 1. The van der Waals surface area contributed by atoms with Crippen LogP contribution in [0, 0.1) is 0 Å². The molecule has 0 saturated carbocycles. The number of para-hydroxylation sites is 1. The van der Waals surface area contributed by atoms with E-state index in [0.29, 0.717) is 0 Å². The number of anilines is 1. The third-order valence-corrected chi connectivity index (χ3v) is 4.71. The van der Waals surface area contributed by atoms with Crippen LogP contribution in [0.4, 0.5) is 5.69 Å². The minimum absolute atomic E-state index is 0.254. The van der Waals surface area contributed by atoms with Crippen LogP contribution in [0.3, 0.4) is 0 Å². The average molecular weight is 324 g/mol. The highest BCUT2D eigenvalue weighted by Crippen LogP contribution is 2.34. The van der Waals surface area contributed by atoms with Crippen molar-refractivity contribution in [3.05, 3.63) is 102 Å². The Morgan fingerprint density at radius 2 is 1.20 bits per heavy atom. The first kappa shape index (κ1) is 15.4. The Morgan fingerprint density at radius 3 is 2.00 bits per heavy atom. The minimum atomic E-state index is -0.254. The maximum absolute atomic E-state index is 6.59. The van der Waals surface area contributed by atoms with E-state index in [2.05, 4.69) is 60.7 Å². The van der Waals surface area contributed by atoms with Crippen LogP contribution in [0.1, 0.15) is 17.2 Å². The van der Waals surface area contributed by atoms with Gasteiger partial charge in [0, 0.05) is 5.69 Å². The highest BCUT2D eigenvalue weighted by Gasteiger charge is 2.15. The second-order valence-electron chi connectivity index (χ2n) is 6.22. The quantitative estimate of drug-likeness (QED) is 0.513. The number of hydrogen-bond donors (Lipinski definition) is 2. The Morgan fingerprint density at radius 1 is 0.560 bits per heavy atom. The van der Waals surface area contributed by atoms with Gasteiger partial charge < -0.3 is 11.5 Å². The van der Waals surface area contributed by atoms with Crippen LogP contribution in [-0.2, 0) is 0 Å². The molecule has 0 heterocycles. The van der Waals surface area contributed by atoms with E-state index in [1.165, 1.54) is 21.9 Å². The van der Waals surface area contributed by atoms with Crippen LogP contribution < -0.4 is 11.5 Å². The summed E-state index contributed by atoms with van der Waals surface area (Å²) in [5.41, 5.74) is 17.9. The van der Waals surface area contributed by atoms with Gasteiger partial charge in [0.05, 0.1) is 6.04 Å². The van der Waals surface area contributed by atoms with Gasteiger partial charge in [0.1, 0.15) is 0 Å². The van der Waals surface area contributed by atoms with E-state index < -0.39 is 0 Å². The molecule has 0 fully saturated rings. The molecular weight excluding hydrogens is 304 g/mol. The van der Waals surface area contributed by atoms with Gasteiger partial charge in [-0.3, -0.25) is 0 Å². The molecule has 4 rings (SSSR count). The van der Waals surface area contributed by atoms with Crippen molar-refractivity contribution in [1.29, 1.82) is 0 Å². The number of nitrogens with two attached hydrogens (primary N) is 2. The van der Waals surface area contributed by atoms with Gasteiger partial charge in [-0.25, -0.2) is 0 Å². The molecule has 0 radical (unpaired) electrons. The van der Waals surface area contributed by atoms with Crippen molar-refractivity contribution in [2.45, 2.75) is 6.04 Å². The van der Waals surface area contributed by atoms with E-state index in [9.17, 15) is 0 Å². The fraction of sp³-hybridized carbons (Fsp3) is 0.0435. The Labute approximate surface area is 147 Å². The molecule has 0 spiro atoms. The van der Waals surface area contributed by atoms with Gasteiger partial charge in [0.15, 0.2) is 0 Å². The number of benzene rings is 4. The Balaban J connectivity index is 1.91. The van der Waals surface area contributed by atoms with Crippen molar-refractivity contribution < 1.29 is 0 Å². The largest absolute Gasteiger partial charge is 0.398 e. The van der Waals surface area contributed by atoms with Crippen molar-refractivity contribution in [3.63, 3.8) is 0 Å². The second kappa shape index (κ2) is 6.42. The highest BCUT2D eigenvalue weighted by molar-refractivity contribution is 5.98. The second-order valence-corrected chi connectivity index (χ2v) is 6.22. The van der Waals surface area contributed by atoms with Crippen LogP contribution in [0.2, 0.25) is 0 Å². The molecule has 25 heavy (non-hydrogen) atoms. The van der Waals surface area contributed by atoms with Crippen LogP contribution in [0.15, 0.2) is 91.0 Å². The van der Waals surface area contributed by atoms with E-state index in [-0.39, 0.29) is 6.04 Å². The molecule has 0 bridgehead atoms. The minimum Gasteiger partial charge on any atom is -0.398 e. The summed E-state index contributed by atoms with van der Waals surface area (Å²) in [4.78, 5) is 0. The molecule has 2 heteroatoms. The van der Waals surface area contributed by atoms with Crippen LogP contribution in [-0.4, -0.2) is 0 Å². The summed E-state index contributed by atoms with van der Waals surface area (Å²) in [5.74, 6) is 0. The molecule has 122 valence electrons. The van der Waals surface area contributed by atoms with E-state index in [1.54, 1.807) is 0 Å². The zero-order valence-corrected chi connectivity index (χ0v) is 13.9. The van der Waals surface area contributed by atoms with E-state index in [0.717, 1.165) is 16.8 Å². The Hall–Kier alpha value is -3.10. The number of rotatable bonds is 3. The van der Waals surface area contributed by atoms with Crippen LogP contribution in [0.25, 0.3) is 21.9 Å². The van der Waals surface area contributed by atoms with Gasteiger partial charge in [0.25, 0.3) is 0 Å². The molecular formula is C23H20N2. The molecule has 0 saturated heterocycles. The van der Waals surface area contributed by atoms with Crippen molar-refractivity contribution in [2.24, 2.45) is 5.73 Å². The fourth-order valence-electron chi connectivity index (χ4n) is 3.44. The number of hydrogen-bond acceptors (Lipinski definition) is 2. The maximum atomic E-state index is 6.59. The lowest BCUT2D eigenvalue weighted by atomic mass is 9.90. The third-order valence-electron chi connectivity index (χ3n) is 4.71. The lowest BCUT2D eigenvalue weighted by Crippen LogP contribution is -2.14. The van der Waals surface area contributed by atoms with Gasteiger partial charge in [-0.15, -0.1) is 0 Å². The summed E-state index contributed by atoms with van der Waals surface area (Å²) in [7, 11) is 0. The molecule has 0 aliphatic rings. The smallest absolute Gasteiger partial charge is 0.0578 e. The van der Waals surface area contributed by atoms with Crippen LogP contribution >= 0.6 is 0 Å². The van der Waals surface area contributed by atoms with Crippen molar-refractivity contribution in [3.8, 4) is 11.1 Å². The lowest BCUT2D eigenvalue weighted by Gasteiger charge is -2.18. The standard InChI is InChI=1S/C23H20N2/c24-22-15-5-4-10-21(22)23(25)20-14-7-12-18-17(11-6-13-19(18)20)16-8-2-1-3-9-16/h1-15,23H,24-25H2. The summed E-state index contributed by atoms with van der Waals surface area (Å²) in [6.45, 7) is 0. The molecule has 1 unspecified atom stereocenters. The molecule has 2 nitrogen and oxygen atoms in total. The van der Waals surface area contributed by atoms with Gasteiger partial charge in [-0.05, 0) is 39.1 Å². The zero-order valence-electron chi connectivity index (χ0n) is 13.9. The molecule has 4 aromatic rings. The van der Waals surface area contributed by atoms with Crippen molar-refractivity contribution >= 4 is 16.5 Å². The summed E-state index contributed by atoms with van der Waals surface area (Å²) < 4.78 is 0. The van der Waals surface area contributed by atoms with E-state index in [4.69, 9.17) is 11.5 Å². The van der Waals surface area contributed by atoms with E-state index in [1.807, 2.05) is 30.3 Å². The molecule has 1 atom stereocenters. The molecule has 0 aliphatic carbocycles. The first-order valence-corrected chi connectivity index (χ1v) is 8.43. The Bertz CT molecular complexity index is 1020. The average Bonchev–Trinajstić information content (AvgIpc) is 2.67. The fourth-order valence-corrected chi connectivity index (χ4v) is 3.44. The monoisotopic (exact) mass is 324 g/mol. The first-order chi connectivity index (χ1) is 12.3. The maximum Gasteiger partial charge on any atom is 0.0578 e. The molecule has 0 aromatic heterocycles. The van der Waals surface area contributed by atoms with Crippen molar-refractivity contribution in [2.75, 3.05) is 5.73 Å². The number of fused-ring (bicyclic) bond motifs is 1. The predicted molar refractivity (Wildman–Crippen MR) is 106 cm³/mol. The van der Waals surface area contributed by atoms with Crippen molar-refractivity contribution in [1.82, 2.24) is 0 Å². The topological polar surface area (TPSA) is 52.0 Å². The third kappa shape index (κ3) is 2.77. The van der Waals surface area contributed by atoms with Gasteiger partial charge in [-0.2, -0.15) is 0 Å². The molecule has 4 aromatic carbocycles. The summed E-state index contributed by atoms with van der Waals surface area (Å²) in [6, 6.07) is 30.7. The van der Waals surface area contributed by atoms with Gasteiger partial charge in [-0.1, -0.05) is 84.9 Å². The van der Waals surface area contributed by atoms with E-state index >= 15 is 0 Å². The summed E-state index contributed by atoms with van der Waals surface area (Å²) in [6.07, 6.45) is 0. The predicted octanol–water partition coefficient (Wildman–Crippen LogP) is 5.14. The van der Waals surface area contributed by atoms with Gasteiger partial charge in [0.2, 0.25) is 0 Å².